The molecule has 1 aliphatic heterocycles. The lowest BCUT2D eigenvalue weighted by Gasteiger charge is -2.36. The Morgan fingerprint density at radius 1 is 1.30 bits per heavy atom. The summed E-state index contributed by atoms with van der Waals surface area (Å²) < 4.78 is 0. The minimum atomic E-state index is -0.444. The number of nitrogens with zero attached hydrogens (tertiary/aromatic N) is 3. The van der Waals surface area contributed by atoms with Gasteiger partial charge in [0, 0.05) is 44.8 Å². The van der Waals surface area contributed by atoms with E-state index in [0.717, 1.165) is 38.3 Å². The molecule has 1 aliphatic rings. The maximum absolute atomic E-state index is 10.7. The van der Waals surface area contributed by atoms with Crippen molar-refractivity contribution in [1.29, 1.82) is 0 Å². The molecular weight excluding hydrogens is 256 g/mol. The van der Waals surface area contributed by atoms with Crippen molar-refractivity contribution >= 4 is 11.4 Å². The molecule has 1 fully saturated rings. The molecule has 0 radical (unpaired) electrons. The molecule has 0 aromatic heterocycles. The highest BCUT2D eigenvalue weighted by Crippen LogP contribution is 2.23. The van der Waals surface area contributed by atoms with Gasteiger partial charge in [-0.2, -0.15) is 0 Å². The van der Waals surface area contributed by atoms with Gasteiger partial charge in [0.05, 0.1) is 4.92 Å². The molecule has 1 aromatic rings. The molecule has 0 saturated carbocycles. The number of nitro benzene ring substituents is 1. The van der Waals surface area contributed by atoms with E-state index in [4.69, 9.17) is 5.73 Å². The van der Waals surface area contributed by atoms with E-state index >= 15 is 0 Å². The Morgan fingerprint density at radius 3 is 2.45 bits per heavy atom. The molecule has 0 bridgehead atoms. The van der Waals surface area contributed by atoms with Crippen LogP contribution in [0.25, 0.3) is 0 Å². The zero-order valence-corrected chi connectivity index (χ0v) is 12.1. The summed E-state index contributed by atoms with van der Waals surface area (Å²) in [4.78, 5) is 15.1. The fourth-order valence-corrected chi connectivity index (χ4v) is 2.56. The van der Waals surface area contributed by atoms with E-state index in [1.807, 2.05) is 0 Å². The Bertz CT molecular complexity index is 482. The third kappa shape index (κ3) is 3.46. The minimum Gasteiger partial charge on any atom is -0.393 e. The van der Waals surface area contributed by atoms with Crippen molar-refractivity contribution in [2.75, 3.05) is 31.9 Å². The summed E-state index contributed by atoms with van der Waals surface area (Å²) in [6.07, 6.45) is 0. The number of hydrogen-bond donors (Lipinski definition) is 1. The average molecular weight is 278 g/mol. The summed E-state index contributed by atoms with van der Waals surface area (Å²) in [6.45, 7) is 9.41. The van der Waals surface area contributed by atoms with Gasteiger partial charge in [0.2, 0.25) is 0 Å². The van der Waals surface area contributed by atoms with Crippen LogP contribution in [0.4, 0.5) is 11.4 Å². The Morgan fingerprint density at radius 2 is 1.95 bits per heavy atom. The van der Waals surface area contributed by atoms with Crippen LogP contribution in [0, 0.1) is 10.1 Å². The maximum atomic E-state index is 10.7. The van der Waals surface area contributed by atoms with Gasteiger partial charge in [0.1, 0.15) is 5.69 Å². The highest BCUT2D eigenvalue weighted by Gasteiger charge is 2.19. The van der Waals surface area contributed by atoms with Gasteiger partial charge in [-0.05, 0) is 25.5 Å². The lowest BCUT2D eigenvalue weighted by Crippen LogP contribution is -2.48. The van der Waals surface area contributed by atoms with Crippen molar-refractivity contribution < 1.29 is 4.92 Å². The number of nitrogens with two attached hydrogens (primary N) is 1. The van der Waals surface area contributed by atoms with Crippen LogP contribution in [0.5, 0.6) is 0 Å². The van der Waals surface area contributed by atoms with Gasteiger partial charge in [0.25, 0.3) is 5.69 Å². The molecule has 0 atom stereocenters. The lowest BCUT2D eigenvalue weighted by molar-refractivity contribution is -0.383. The first-order valence-electron chi connectivity index (χ1n) is 6.96. The summed E-state index contributed by atoms with van der Waals surface area (Å²) in [7, 11) is 0. The summed E-state index contributed by atoms with van der Waals surface area (Å²) in [5, 5.41) is 10.7. The van der Waals surface area contributed by atoms with Crippen LogP contribution >= 0.6 is 0 Å². The predicted octanol–water partition coefficient (Wildman–Crippen LogP) is 1.70. The third-order valence-electron chi connectivity index (χ3n) is 3.83. The number of benzene rings is 1. The Balaban J connectivity index is 1.95. The van der Waals surface area contributed by atoms with Crippen LogP contribution < -0.4 is 5.73 Å². The summed E-state index contributed by atoms with van der Waals surface area (Å²) >= 11 is 0. The molecule has 110 valence electrons. The lowest BCUT2D eigenvalue weighted by atomic mass is 10.1. The Kier molecular flexibility index (Phi) is 4.57. The summed E-state index contributed by atoms with van der Waals surface area (Å²) in [5.74, 6) is 0. The molecule has 1 aromatic carbocycles. The molecular formula is C14H22N4O2. The zero-order chi connectivity index (χ0) is 14.7. The second kappa shape index (κ2) is 6.19. The number of hydrogen-bond acceptors (Lipinski definition) is 5. The van der Waals surface area contributed by atoms with Crippen LogP contribution in [0.1, 0.15) is 19.4 Å². The van der Waals surface area contributed by atoms with Gasteiger partial charge in [-0.3, -0.25) is 19.9 Å². The van der Waals surface area contributed by atoms with Gasteiger partial charge in [-0.1, -0.05) is 6.07 Å². The van der Waals surface area contributed by atoms with Gasteiger partial charge >= 0.3 is 0 Å². The van der Waals surface area contributed by atoms with Gasteiger partial charge in [0.15, 0.2) is 0 Å². The molecule has 1 heterocycles. The number of anilines is 1. The van der Waals surface area contributed by atoms with Crippen molar-refractivity contribution in [3.8, 4) is 0 Å². The molecule has 2 N–H and O–H groups in total. The van der Waals surface area contributed by atoms with E-state index in [1.165, 1.54) is 6.07 Å². The van der Waals surface area contributed by atoms with Crippen LogP contribution in [0.2, 0.25) is 0 Å². The van der Waals surface area contributed by atoms with Gasteiger partial charge in [-0.15, -0.1) is 0 Å². The van der Waals surface area contributed by atoms with Crippen molar-refractivity contribution in [3.05, 3.63) is 33.9 Å². The van der Waals surface area contributed by atoms with Crippen molar-refractivity contribution in [2.24, 2.45) is 0 Å². The number of nitro groups is 1. The fraction of sp³-hybridized carbons (Fsp3) is 0.571. The maximum Gasteiger partial charge on any atom is 0.292 e. The van der Waals surface area contributed by atoms with E-state index in [1.54, 1.807) is 12.1 Å². The molecule has 6 heteroatoms. The summed E-state index contributed by atoms with van der Waals surface area (Å²) in [6, 6.07) is 5.60. The topological polar surface area (TPSA) is 75.6 Å². The normalized spacial score (nSPS) is 17.6. The molecule has 0 amide bonds. The second-order valence-electron chi connectivity index (χ2n) is 5.56. The van der Waals surface area contributed by atoms with E-state index in [2.05, 4.69) is 23.6 Å². The number of rotatable bonds is 4. The fourth-order valence-electron chi connectivity index (χ4n) is 2.56. The van der Waals surface area contributed by atoms with E-state index in [9.17, 15) is 10.1 Å². The van der Waals surface area contributed by atoms with Gasteiger partial charge in [-0.25, -0.2) is 0 Å². The third-order valence-corrected chi connectivity index (χ3v) is 3.83. The molecule has 0 unspecified atom stereocenters. The smallest absolute Gasteiger partial charge is 0.292 e. The SMILES string of the molecule is CC(C)N1CCN(Cc2ccc([N+](=O)[O-])c(N)c2)CC1. The van der Waals surface area contributed by atoms with Crippen molar-refractivity contribution in [2.45, 2.75) is 26.4 Å². The minimum absolute atomic E-state index is 0.0154. The standard InChI is InChI=1S/C14H22N4O2/c1-11(2)17-7-5-16(6-8-17)10-12-3-4-14(18(19)20)13(15)9-12/h3-4,9,11H,5-8,10,15H2,1-2H3. The monoisotopic (exact) mass is 278 g/mol. The van der Waals surface area contributed by atoms with Crippen LogP contribution in [-0.2, 0) is 6.54 Å². The largest absolute Gasteiger partial charge is 0.393 e. The zero-order valence-electron chi connectivity index (χ0n) is 12.1. The predicted molar refractivity (Wildman–Crippen MR) is 79.5 cm³/mol. The highest BCUT2D eigenvalue weighted by atomic mass is 16.6. The van der Waals surface area contributed by atoms with E-state index in [0.29, 0.717) is 6.04 Å². The number of piperazine rings is 1. The molecule has 2 rings (SSSR count). The first-order valence-corrected chi connectivity index (χ1v) is 6.96. The molecule has 0 aliphatic carbocycles. The highest BCUT2D eigenvalue weighted by molar-refractivity contribution is 5.59. The van der Waals surface area contributed by atoms with Crippen LogP contribution in [0.15, 0.2) is 18.2 Å². The van der Waals surface area contributed by atoms with Crippen molar-refractivity contribution in [3.63, 3.8) is 0 Å². The van der Waals surface area contributed by atoms with E-state index in [-0.39, 0.29) is 11.4 Å². The Labute approximate surface area is 119 Å². The Hall–Kier alpha value is -1.66. The van der Waals surface area contributed by atoms with Crippen molar-refractivity contribution in [1.82, 2.24) is 9.80 Å². The molecule has 0 spiro atoms. The van der Waals surface area contributed by atoms with E-state index < -0.39 is 4.92 Å². The van der Waals surface area contributed by atoms with Gasteiger partial charge < -0.3 is 5.73 Å². The quantitative estimate of drug-likeness (QED) is 0.515. The van der Waals surface area contributed by atoms with Crippen LogP contribution in [-0.4, -0.2) is 46.9 Å². The molecule has 20 heavy (non-hydrogen) atoms. The number of nitrogen functional groups attached to an aromatic ring is 1. The first-order chi connectivity index (χ1) is 9.47. The average Bonchev–Trinajstić information content (AvgIpc) is 2.39. The molecule has 1 saturated heterocycles. The second-order valence-corrected chi connectivity index (χ2v) is 5.56. The van der Waals surface area contributed by atoms with Crippen LogP contribution in [0.3, 0.4) is 0 Å². The molecule has 6 nitrogen and oxygen atoms in total. The first kappa shape index (κ1) is 14.7. The summed E-state index contributed by atoms with van der Waals surface area (Å²) in [5.41, 5.74) is 6.98.